The lowest BCUT2D eigenvalue weighted by Gasteiger charge is -2.32. The number of benzene rings is 3. The van der Waals surface area contributed by atoms with E-state index in [1.807, 2.05) is 54.6 Å². The third kappa shape index (κ3) is 8.63. The Morgan fingerprint density at radius 2 is 1.44 bits per heavy atom. The van der Waals surface area contributed by atoms with Crippen molar-refractivity contribution in [2.75, 3.05) is 6.54 Å². The van der Waals surface area contributed by atoms with Gasteiger partial charge in [-0.3, -0.25) is 9.59 Å². The zero-order valence-electron chi connectivity index (χ0n) is 21.5. The Balaban J connectivity index is 1.87. The number of hydrogen-bond donors (Lipinski definition) is 1. The minimum Gasteiger partial charge on any atom is -0.354 e. The lowest BCUT2D eigenvalue weighted by molar-refractivity contribution is -0.141. The molecule has 1 atom stereocenters. The summed E-state index contributed by atoms with van der Waals surface area (Å²) in [5, 5.41) is 3.08. The van der Waals surface area contributed by atoms with Gasteiger partial charge in [-0.1, -0.05) is 103 Å². The van der Waals surface area contributed by atoms with Crippen molar-refractivity contribution < 1.29 is 9.59 Å². The molecule has 0 aliphatic heterocycles. The number of aryl methyl sites for hydroxylation is 2. The van der Waals surface area contributed by atoms with Crippen LogP contribution in [0.25, 0.3) is 0 Å². The SMILES string of the molecule is CCc1ccc(CCC(=O)N(Cc2ccc(Br)cc2)[C@@H](Cc2ccccc2)C(=O)NCC(C)C)cc1. The van der Waals surface area contributed by atoms with E-state index in [-0.39, 0.29) is 11.8 Å². The summed E-state index contributed by atoms with van der Waals surface area (Å²) in [6.07, 6.45) is 2.46. The molecule has 0 aliphatic rings. The molecule has 0 unspecified atom stereocenters. The number of carbonyl (C=O) groups excluding carboxylic acids is 2. The second-order valence-corrected chi connectivity index (χ2v) is 10.6. The van der Waals surface area contributed by atoms with Crippen LogP contribution in [0, 0.1) is 5.92 Å². The minimum atomic E-state index is -0.593. The van der Waals surface area contributed by atoms with Gasteiger partial charge in [-0.05, 0) is 53.1 Å². The molecule has 0 heterocycles. The van der Waals surface area contributed by atoms with Gasteiger partial charge in [0.2, 0.25) is 11.8 Å². The van der Waals surface area contributed by atoms with E-state index in [2.05, 4.69) is 66.3 Å². The molecule has 2 amide bonds. The van der Waals surface area contributed by atoms with Crippen molar-refractivity contribution in [1.29, 1.82) is 0 Å². The maximum absolute atomic E-state index is 13.7. The molecule has 0 fully saturated rings. The number of hydrogen-bond acceptors (Lipinski definition) is 2. The Bertz CT molecular complexity index is 1100. The van der Waals surface area contributed by atoms with E-state index < -0.39 is 6.04 Å². The predicted molar refractivity (Wildman–Crippen MR) is 151 cm³/mol. The van der Waals surface area contributed by atoms with Crippen LogP contribution in [0.1, 0.15) is 49.4 Å². The van der Waals surface area contributed by atoms with Crippen molar-refractivity contribution in [3.05, 3.63) is 106 Å². The summed E-state index contributed by atoms with van der Waals surface area (Å²) in [6, 6.07) is 25.7. The van der Waals surface area contributed by atoms with Crippen LogP contribution in [0.4, 0.5) is 0 Å². The zero-order valence-corrected chi connectivity index (χ0v) is 23.1. The lowest BCUT2D eigenvalue weighted by atomic mass is 10.0. The van der Waals surface area contributed by atoms with Crippen LogP contribution >= 0.6 is 15.9 Å². The van der Waals surface area contributed by atoms with Gasteiger partial charge in [0, 0.05) is 30.4 Å². The van der Waals surface area contributed by atoms with Crippen molar-refractivity contribution in [2.24, 2.45) is 5.92 Å². The first-order chi connectivity index (χ1) is 17.4. The van der Waals surface area contributed by atoms with Gasteiger partial charge < -0.3 is 10.2 Å². The van der Waals surface area contributed by atoms with Crippen LogP contribution in [0.5, 0.6) is 0 Å². The van der Waals surface area contributed by atoms with Crippen molar-refractivity contribution in [1.82, 2.24) is 10.2 Å². The molecule has 0 bridgehead atoms. The maximum Gasteiger partial charge on any atom is 0.243 e. The molecule has 0 radical (unpaired) electrons. The largest absolute Gasteiger partial charge is 0.354 e. The number of nitrogens with zero attached hydrogens (tertiary/aromatic N) is 1. The highest BCUT2D eigenvalue weighted by molar-refractivity contribution is 9.10. The summed E-state index contributed by atoms with van der Waals surface area (Å²) in [6.45, 7) is 7.24. The molecule has 0 saturated heterocycles. The second kappa shape index (κ2) is 14.0. The first kappa shape index (κ1) is 27.7. The predicted octanol–water partition coefficient (Wildman–Crippen LogP) is 6.36. The molecule has 190 valence electrons. The fourth-order valence-corrected chi connectivity index (χ4v) is 4.36. The Hall–Kier alpha value is -2.92. The zero-order chi connectivity index (χ0) is 25.9. The molecular formula is C31H37BrN2O2. The van der Waals surface area contributed by atoms with Crippen LogP contribution in [-0.2, 0) is 35.4 Å². The molecule has 0 aliphatic carbocycles. The van der Waals surface area contributed by atoms with E-state index in [1.165, 1.54) is 5.56 Å². The van der Waals surface area contributed by atoms with Crippen LogP contribution in [0.3, 0.4) is 0 Å². The Kier molecular flexibility index (Phi) is 10.7. The smallest absolute Gasteiger partial charge is 0.243 e. The van der Waals surface area contributed by atoms with Gasteiger partial charge in [0.1, 0.15) is 6.04 Å². The summed E-state index contributed by atoms with van der Waals surface area (Å²) < 4.78 is 0.982. The number of amides is 2. The Morgan fingerprint density at radius 3 is 2.06 bits per heavy atom. The lowest BCUT2D eigenvalue weighted by Crippen LogP contribution is -2.51. The van der Waals surface area contributed by atoms with Gasteiger partial charge in [-0.15, -0.1) is 0 Å². The minimum absolute atomic E-state index is 0.0156. The summed E-state index contributed by atoms with van der Waals surface area (Å²) in [7, 11) is 0. The Labute approximate surface area is 224 Å². The third-order valence-electron chi connectivity index (χ3n) is 6.28. The number of nitrogens with one attached hydrogen (secondary N) is 1. The molecule has 0 aromatic heterocycles. The topological polar surface area (TPSA) is 49.4 Å². The average molecular weight is 550 g/mol. The molecule has 1 N–H and O–H groups in total. The van der Waals surface area contributed by atoms with E-state index in [0.29, 0.717) is 38.3 Å². The molecule has 4 nitrogen and oxygen atoms in total. The third-order valence-corrected chi connectivity index (χ3v) is 6.81. The Morgan fingerprint density at radius 1 is 0.833 bits per heavy atom. The van der Waals surface area contributed by atoms with Crippen LogP contribution < -0.4 is 5.32 Å². The van der Waals surface area contributed by atoms with Crippen molar-refractivity contribution in [3.8, 4) is 0 Å². The van der Waals surface area contributed by atoms with E-state index >= 15 is 0 Å². The second-order valence-electron chi connectivity index (χ2n) is 9.66. The summed E-state index contributed by atoms with van der Waals surface area (Å²) >= 11 is 3.49. The maximum atomic E-state index is 13.7. The van der Waals surface area contributed by atoms with Gasteiger partial charge in [-0.25, -0.2) is 0 Å². The van der Waals surface area contributed by atoms with E-state index in [0.717, 1.165) is 27.6 Å². The first-order valence-corrected chi connectivity index (χ1v) is 13.6. The van der Waals surface area contributed by atoms with Gasteiger partial charge in [0.05, 0.1) is 0 Å². The molecule has 3 aromatic rings. The normalized spacial score (nSPS) is 11.8. The fraction of sp³-hybridized carbons (Fsp3) is 0.355. The molecular weight excluding hydrogens is 512 g/mol. The molecule has 0 spiro atoms. The number of carbonyl (C=O) groups is 2. The highest BCUT2D eigenvalue weighted by Crippen LogP contribution is 2.19. The summed E-state index contributed by atoms with van der Waals surface area (Å²) in [4.78, 5) is 29.0. The molecule has 36 heavy (non-hydrogen) atoms. The van der Waals surface area contributed by atoms with Crippen molar-refractivity contribution >= 4 is 27.7 Å². The van der Waals surface area contributed by atoms with Crippen molar-refractivity contribution in [2.45, 2.75) is 59.0 Å². The fourth-order valence-electron chi connectivity index (χ4n) is 4.10. The highest BCUT2D eigenvalue weighted by Gasteiger charge is 2.30. The highest BCUT2D eigenvalue weighted by atomic mass is 79.9. The summed E-state index contributed by atoms with van der Waals surface area (Å²) in [5.74, 6) is 0.205. The van der Waals surface area contributed by atoms with E-state index in [4.69, 9.17) is 0 Å². The number of halogens is 1. The monoisotopic (exact) mass is 548 g/mol. The van der Waals surface area contributed by atoms with Crippen LogP contribution in [0.2, 0.25) is 0 Å². The van der Waals surface area contributed by atoms with Crippen molar-refractivity contribution in [3.63, 3.8) is 0 Å². The standard InChI is InChI=1S/C31H37BrN2O2/c1-4-24-10-12-25(13-11-24)16-19-30(35)34(22-27-14-17-28(32)18-15-27)29(31(36)33-21-23(2)3)20-26-8-6-5-7-9-26/h5-15,17-18,23,29H,4,16,19-22H2,1-3H3,(H,33,36)/t29-/m0/s1. The molecule has 5 heteroatoms. The van der Waals surface area contributed by atoms with E-state index in [9.17, 15) is 9.59 Å². The van der Waals surface area contributed by atoms with Crippen LogP contribution in [-0.4, -0.2) is 29.3 Å². The average Bonchev–Trinajstić information content (AvgIpc) is 2.89. The number of rotatable bonds is 12. The first-order valence-electron chi connectivity index (χ1n) is 12.8. The molecule has 3 aromatic carbocycles. The molecule has 3 rings (SSSR count). The molecule has 0 saturated carbocycles. The van der Waals surface area contributed by atoms with Gasteiger partial charge in [0.15, 0.2) is 0 Å². The van der Waals surface area contributed by atoms with Gasteiger partial charge in [-0.2, -0.15) is 0 Å². The van der Waals surface area contributed by atoms with Gasteiger partial charge >= 0.3 is 0 Å². The summed E-state index contributed by atoms with van der Waals surface area (Å²) in [5.41, 5.74) is 4.44. The quantitative estimate of drug-likeness (QED) is 0.286. The van der Waals surface area contributed by atoms with Crippen LogP contribution in [0.15, 0.2) is 83.3 Å². The van der Waals surface area contributed by atoms with E-state index in [1.54, 1.807) is 4.90 Å². The van der Waals surface area contributed by atoms with Gasteiger partial charge in [0.25, 0.3) is 0 Å².